The third-order valence-corrected chi connectivity index (χ3v) is 4.51. The molecule has 2 aromatic carbocycles. The topological polar surface area (TPSA) is 53.1 Å². The maximum Gasteiger partial charge on any atom is 0.136 e. The van der Waals surface area contributed by atoms with Crippen molar-refractivity contribution in [1.29, 1.82) is 0 Å². The van der Waals surface area contributed by atoms with Crippen LogP contribution in [0.3, 0.4) is 0 Å². The number of benzene rings is 2. The number of nitrogens with zero attached hydrogens (tertiary/aromatic N) is 3. The van der Waals surface area contributed by atoms with E-state index in [1.165, 1.54) is 11.3 Å². The number of aromatic nitrogens is 2. The first-order valence-corrected chi connectivity index (χ1v) is 9.39. The molecule has 0 saturated carbocycles. The Morgan fingerprint density at radius 3 is 2.07 bits per heavy atom. The first kappa shape index (κ1) is 18.7. The lowest BCUT2D eigenvalue weighted by atomic mass is 10.2. The van der Waals surface area contributed by atoms with Crippen LogP contribution in [0.25, 0.3) is 0 Å². The second-order valence-electron chi connectivity index (χ2n) is 6.47. The second kappa shape index (κ2) is 8.54. The van der Waals surface area contributed by atoms with E-state index in [2.05, 4.69) is 76.6 Å². The van der Waals surface area contributed by atoms with Gasteiger partial charge in [-0.1, -0.05) is 18.2 Å². The van der Waals surface area contributed by atoms with Crippen LogP contribution in [0.5, 0.6) is 0 Å². The molecule has 1 aromatic heterocycles. The van der Waals surface area contributed by atoms with Gasteiger partial charge in [0, 0.05) is 36.2 Å². The molecule has 140 valence electrons. The van der Waals surface area contributed by atoms with Crippen LogP contribution in [0.15, 0.2) is 54.6 Å². The molecular formula is C22H27N5. The summed E-state index contributed by atoms with van der Waals surface area (Å²) in [5.74, 6) is 2.27. The fraction of sp³-hybridized carbons (Fsp3) is 0.273. The number of hydrogen-bond donors (Lipinski definition) is 2. The summed E-state index contributed by atoms with van der Waals surface area (Å²) in [7, 11) is 0. The van der Waals surface area contributed by atoms with Gasteiger partial charge in [0.2, 0.25) is 0 Å². The van der Waals surface area contributed by atoms with Crippen molar-refractivity contribution in [3.8, 4) is 0 Å². The molecule has 3 rings (SSSR count). The summed E-state index contributed by atoms with van der Waals surface area (Å²) in [6.45, 7) is 10.3. The Balaban J connectivity index is 1.77. The predicted octanol–water partition coefficient (Wildman–Crippen LogP) is 5.43. The Kier molecular flexibility index (Phi) is 5.91. The minimum atomic E-state index is 0.718. The Bertz CT molecular complexity index is 885. The number of hydrogen-bond acceptors (Lipinski definition) is 5. The molecule has 3 aromatic rings. The Labute approximate surface area is 161 Å². The number of rotatable bonds is 7. The summed E-state index contributed by atoms with van der Waals surface area (Å²) in [5, 5.41) is 6.76. The number of aryl methyl sites for hydroxylation is 2. The Morgan fingerprint density at radius 2 is 1.44 bits per heavy atom. The van der Waals surface area contributed by atoms with Crippen LogP contribution in [0, 0.1) is 13.8 Å². The van der Waals surface area contributed by atoms with Crippen molar-refractivity contribution >= 4 is 28.7 Å². The summed E-state index contributed by atoms with van der Waals surface area (Å²) in [6, 6.07) is 18.5. The molecule has 1 heterocycles. The summed E-state index contributed by atoms with van der Waals surface area (Å²) in [6.07, 6.45) is 0. The standard InChI is InChI=1S/C22H27N5/c1-5-27(6-2)19-13-11-18(12-14-19)25-21-15-22(24-17(4)23-21)26-20-10-8-7-9-16(20)3/h7-15H,5-6H2,1-4H3,(H2,23,24,25,26). The number of nitrogens with one attached hydrogen (secondary N) is 2. The highest BCUT2D eigenvalue weighted by atomic mass is 15.1. The molecule has 2 N–H and O–H groups in total. The fourth-order valence-corrected chi connectivity index (χ4v) is 3.04. The fourth-order valence-electron chi connectivity index (χ4n) is 3.04. The van der Waals surface area contributed by atoms with Crippen LogP contribution in [0.2, 0.25) is 0 Å². The van der Waals surface area contributed by atoms with Crippen LogP contribution >= 0.6 is 0 Å². The lowest BCUT2D eigenvalue weighted by molar-refractivity contribution is 0.866. The summed E-state index contributed by atoms with van der Waals surface area (Å²) < 4.78 is 0. The van der Waals surface area contributed by atoms with Crippen LogP contribution in [-0.2, 0) is 0 Å². The quantitative estimate of drug-likeness (QED) is 0.588. The average molecular weight is 361 g/mol. The lowest BCUT2D eigenvalue weighted by Crippen LogP contribution is -2.21. The van der Waals surface area contributed by atoms with Gasteiger partial charge in [-0.25, -0.2) is 9.97 Å². The van der Waals surface area contributed by atoms with Gasteiger partial charge in [-0.2, -0.15) is 0 Å². The third kappa shape index (κ3) is 4.76. The smallest absolute Gasteiger partial charge is 0.136 e. The van der Waals surface area contributed by atoms with E-state index in [-0.39, 0.29) is 0 Å². The van der Waals surface area contributed by atoms with Gasteiger partial charge >= 0.3 is 0 Å². The van der Waals surface area contributed by atoms with Crippen LogP contribution in [-0.4, -0.2) is 23.1 Å². The zero-order valence-electron chi connectivity index (χ0n) is 16.5. The third-order valence-electron chi connectivity index (χ3n) is 4.51. The molecule has 0 aliphatic heterocycles. The molecule has 27 heavy (non-hydrogen) atoms. The average Bonchev–Trinajstić information content (AvgIpc) is 2.65. The first-order chi connectivity index (χ1) is 13.1. The van der Waals surface area contributed by atoms with Crippen molar-refractivity contribution in [3.63, 3.8) is 0 Å². The molecular weight excluding hydrogens is 334 g/mol. The van der Waals surface area contributed by atoms with Gasteiger partial charge in [-0.05, 0) is 63.6 Å². The lowest BCUT2D eigenvalue weighted by Gasteiger charge is -2.21. The summed E-state index contributed by atoms with van der Waals surface area (Å²) >= 11 is 0. The maximum absolute atomic E-state index is 4.51. The second-order valence-corrected chi connectivity index (χ2v) is 6.47. The highest BCUT2D eigenvalue weighted by Gasteiger charge is 2.06. The minimum Gasteiger partial charge on any atom is -0.372 e. The van der Waals surface area contributed by atoms with E-state index in [1.807, 2.05) is 31.2 Å². The van der Waals surface area contributed by atoms with Crippen molar-refractivity contribution in [2.24, 2.45) is 0 Å². The molecule has 0 unspecified atom stereocenters. The zero-order chi connectivity index (χ0) is 19.2. The van der Waals surface area contributed by atoms with Crippen LogP contribution in [0.4, 0.5) is 28.7 Å². The molecule has 0 spiro atoms. The normalized spacial score (nSPS) is 10.5. The predicted molar refractivity (Wildman–Crippen MR) is 115 cm³/mol. The molecule has 5 nitrogen and oxygen atoms in total. The Morgan fingerprint density at radius 1 is 0.815 bits per heavy atom. The van der Waals surface area contributed by atoms with E-state index in [9.17, 15) is 0 Å². The molecule has 0 aliphatic rings. The molecule has 0 bridgehead atoms. The van der Waals surface area contributed by atoms with Crippen molar-refractivity contribution in [2.75, 3.05) is 28.6 Å². The van der Waals surface area contributed by atoms with E-state index in [4.69, 9.17) is 0 Å². The van der Waals surface area contributed by atoms with Gasteiger partial charge < -0.3 is 15.5 Å². The molecule has 0 atom stereocenters. The van der Waals surface area contributed by atoms with Crippen molar-refractivity contribution in [2.45, 2.75) is 27.7 Å². The van der Waals surface area contributed by atoms with Crippen LogP contribution < -0.4 is 15.5 Å². The maximum atomic E-state index is 4.51. The van der Waals surface area contributed by atoms with E-state index < -0.39 is 0 Å². The van der Waals surface area contributed by atoms with Gasteiger partial charge in [0.1, 0.15) is 17.5 Å². The van der Waals surface area contributed by atoms with Crippen molar-refractivity contribution in [3.05, 3.63) is 66.0 Å². The summed E-state index contributed by atoms with van der Waals surface area (Å²) in [5.41, 5.74) is 4.46. The molecule has 0 fully saturated rings. The highest BCUT2D eigenvalue weighted by molar-refractivity contribution is 5.66. The van der Waals surface area contributed by atoms with E-state index >= 15 is 0 Å². The zero-order valence-corrected chi connectivity index (χ0v) is 16.5. The summed E-state index contributed by atoms with van der Waals surface area (Å²) in [4.78, 5) is 11.3. The van der Waals surface area contributed by atoms with E-state index in [0.29, 0.717) is 0 Å². The van der Waals surface area contributed by atoms with E-state index in [1.54, 1.807) is 0 Å². The Hall–Kier alpha value is -3.08. The van der Waals surface area contributed by atoms with Crippen molar-refractivity contribution in [1.82, 2.24) is 9.97 Å². The molecule has 0 amide bonds. The van der Waals surface area contributed by atoms with Gasteiger partial charge in [0.15, 0.2) is 0 Å². The van der Waals surface area contributed by atoms with E-state index in [0.717, 1.165) is 41.9 Å². The van der Waals surface area contributed by atoms with Gasteiger partial charge in [0.25, 0.3) is 0 Å². The van der Waals surface area contributed by atoms with Gasteiger partial charge in [-0.15, -0.1) is 0 Å². The monoisotopic (exact) mass is 361 g/mol. The highest BCUT2D eigenvalue weighted by Crippen LogP contribution is 2.24. The molecule has 0 radical (unpaired) electrons. The SMILES string of the molecule is CCN(CC)c1ccc(Nc2cc(Nc3ccccc3C)nc(C)n2)cc1. The molecule has 5 heteroatoms. The van der Waals surface area contributed by atoms with Gasteiger partial charge in [-0.3, -0.25) is 0 Å². The molecule has 0 saturated heterocycles. The minimum absolute atomic E-state index is 0.718. The first-order valence-electron chi connectivity index (χ1n) is 9.39. The largest absolute Gasteiger partial charge is 0.372 e. The van der Waals surface area contributed by atoms with Crippen LogP contribution in [0.1, 0.15) is 25.2 Å². The molecule has 0 aliphatic carbocycles. The van der Waals surface area contributed by atoms with Crippen molar-refractivity contribution < 1.29 is 0 Å². The van der Waals surface area contributed by atoms with Gasteiger partial charge in [0.05, 0.1) is 0 Å². The number of para-hydroxylation sites is 1. The number of anilines is 5.